The molecule has 1 saturated heterocycles. The van der Waals surface area contributed by atoms with E-state index in [4.69, 9.17) is 4.74 Å². The first-order valence-electron chi connectivity index (χ1n) is 9.48. The molecule has 2 amide bonds. The number of aromatic nitrogens is 2. The maximum absolute atomic E-state index is 12.9. The van der Waals surface area contributed by atoms with Crippen LogP contribution in [0, 0.1) is 0 Å². The van der Waals surface area contributed by atoms with E-state index in [1.165, 1.54) is 0 Å². The van der Waals surface area contributed by atoms with Gasteiger partial charge in [0.2, 0.25) is 5.91 Å². The Hall–Kier alpha value is -2.67. The lowest BCUT2D eigenvalue weighted by molar-refractivity contribution is -0.136. The Balaban J connectivity index is 1.53. The second-order valence-corrected chi connectivity index (χ2v) is 7.01. The van der Waals surface area contributed by atoms with Crippen LogP contribution in [0.1, 0.15) is 35.1 Å². The summed E-state index contributed by atoms with van der Waals surface area (Å²) in [6.45, 7) is 3.95. The van der Waals surface area contributed by atoms with Gasteiger partial charge in [-0.3, -0.25) is 9.59 Å². The molecule has 2 aromatic rings. The van der Waals surface area contributed by atoms with Crippen LogP contribution in [-0.4, -0.2) is 58.8 Å². The average Bonchev–Trinajstić information content (AvgIpc) is 3.31. The third-order valence-corrected chi connectivity index (χ3v) is 5.19. The number of fused-ring (bicyclic) bond motifs is 1. The molecule has 1 N–H and O–H groups in total. The van der Waals surface area contributed by atoms with Crippen molar-refractivity contribution >= 4 is 11.8 Å². The van der Waals surface area contributed by atoms with Gasteiger partial charge in [-0.25, -0.2) is 4.68 Å². The van der Waals surface area contributed by atoms with E-state index >= 15 is 0 Å². The van der Waals surface area contributed by atoms with Crippen LogP contribution in [0.25, 0.3) is 5.69 Å². The first kappa shape index (κ1) is 17.7. The lowest BCUT2D eigenvalue weighted by Crippen LogP contribution is -2.50. The van der Waals surface area contributed by atoms with Crippen LogP contribution < -0.4 is 5.32 Å². The normalized spacial score (nSPS) is 17.4. The highest BCUT2D eigenvalue weighted by Crippen LogP contribution is 2.27. The number of benzene rings is 1. The number of nitrogens with one attached hydrogen (secondary N) is 1. The second kappa shape index (κ2) is 7.52. The standard InChI is InChI=1S/C20H24N4O3/c1-14(20(26)23-10-12-27-13-11-23)21-19(25)18-16-8-5-9-17(16)24(22-18)15-6-3-2-4-7-15/h2-4,6-7,14H,5,8-13H2,1H3,(H,21,25). The van der Waals surface area contributed by atoms with Crippen LogP contribution in [0.5, 0.6) is 0 Å². The van der Waals surface area contributed by atoms with Gasteiger partial charge in [0.1, 0.15) is 6.04 Å². The molecule has 2 heterocycles. The Labute approximate surface area is 158 Å². The molecule has 0 saturated carbocycles. The third kappa shape index (κ3) is 3.47. The minimum Gasteiger partial charge on any atom is -0.378 e. The Kier molecular flexibility index (Phi) is 4.94. The summed E-state index contributed by atoms with van der Waals surface area (Å²) in [4.78, 5) is 27.2. The lowest BCUT2D eigenvalue weighted by Gasteiger charge is -2.29. The van der Waals surface area contributed by atoms with E-state index < -0.39 is 6.04 Å². The molecular weight excluding hydrogens is 344 g/mol. The molecule has 27 heavy (non-hydrogen) atoms. The van der Waals surface area contributed by atoms with Gasteiger partial charge in [-0.05, 0) is 38.3 Å². The zero-order valence-electron chi connectivity index (χ0n) is 15.5. The molecule has 1 fully saturated rings. The van der Waals surface area contributed by atoms with Gasteiger partial charge in [0.15, 0.2) is 5.69 Å². The highest BCUT2D eigenvalue weighted by Gasteiger charge is 2.29. The van der Waals surface area contributed by atoms with Crippen molar-refractivity contribution in [3.05, 3.63) is 47.3 Å². The van der Waals surface area contributed by atoms with Crippen LogP contribution in [0.15, 0.2) is 30.3 Å². The number of para-hydroxylation sites is 1. The van der Waals surface area contributed by atoms with E-state index in [1.54, 1.807) is 11.8 Å². The zero-order chi connectivity index (χ0) is 18.8. The SMILES string of the molecule is CC(NC(=O)c1nn(-c2ccccc2)c2c1CCC2)C(=O)N1CCOCC1. The second-order valence-electron chi connectivity index (χ2n) is 7.01. The highest BCUT2D eigenvalue weighted by molar-refractivity contribution is 5.97. The minimum atomic E-state index is -0.588. The summed E-state index contributed by atoms with van der Waals surface area (Å²) in [5, 5.41) is 7.43. The number of rotatable bonds is 4. The fourth-order valence-electron chi connectivity index (χ4n) is 3.79. The molecule has 2 aliphatic rings. The molecule has 1 atom stereocenters. The lowest BCUT2D eigenvalue weighted by atomic mass is 10.1. The molecule has 1 aliphatic heterocycles. The molecule has 0 spiro atoms. The van der Waals surface area contributed by atoms with E-state index in [-0.39, 0.29) is 11.8 Å². The van der Waals surface area contributed by atoms with E-state index in [0.717, 1.165) is 36.2 Å². The molecule has 1 aliphatic carbocycles. The van der Waals surface area contributed by atoms with Gasteiger partial charge < -0.3 is 15.0 Å². The average molecular weight is 368 g/mol. The van der Waals surface area contributed by atoms with E-state index in [1.807, 2.05) is 35.0 Å². The van der Waals surface area contributed by atoms with Crippen molar-refractivity contribution in [2.24, 2.45) is 0 Å². The largest absolute Gasteiger partial charge is 0.378 e. The van der Waals surface area contributed by atoms with Crippen molar-refractivity contribution in [2.75, 3.05) is 26.3 Å². The predicted molar refractivity (Wildman–Crippen MR) is 99.9 cm³/mol. The number of nitrogens with zero attached hydrogens (tertiary/aromatic N) is 3. The Morgan fingerprint density at radius 2 is 1.89 bits per heavy atom. The van der Waals surface area contributed by atoms with Crippen molar-refractivity contribution in [1.29, 1.82) is 0 Å². The molecule has 1 aromatic heterocycles. The van der Waals surface area contributed by atoms with Crippen LogP contribution in [0.4, 0.5) is 0 Å². The fourth-order valence-corrected chi connectivity index (χ4v) is 3.79. The quantitative estimate of drug-likeness (QED) is 0.884. The van der Waals surface area contributed by atoms with Gasteiger partial charge in [0.05, 0.1) is 18.9 Å². The summed E-state index contributed by atoms with van der Waals surface area (Å²) in [5.74, 6) is -0.359. The number of ether oxygens (including phenoxy) is 1. The first-order valence-corrected chi connectivity index (χ1v) is 9.48. The molecule has 7 heteroatoms. The molecule has 1 unspecified atom stereocenters. The van der Waals surface area contributed by atoms with Crippen molar-refractivity contribution in [1.82, 2.24) is 20.0 Å². The topological polar surface area (TPSA) is 76.5 Å². The number of carbonyl (C=O) groups is 2. The number of hydrogen-bond acceptors (Lipinski definition) is 4. The van der Waals surface area contributed by atoms with Gasteiger partial charge in [-0.1, -0.05) is 18.2 Å². The van der Waals surface area contributed by atoms with E-state index in [9.17, 15) is 9.59 Å². The maximum atomic E-state index is 12.9. The molecule has 0 radical (unpaired) electrons. The van der Waals surface area contributed by atoms with Crippen LogP contribution in [-0.2, 0) is 22.4 Å². The van der Waals surface area contributed by atoms with Gasteiger partial charge in [0.25, 0.3) is 5.91 Å². The summed E-state index contributed by atoms with van der Waals surface area (Å²) in [6.07, 6.45) is 2.77. The summed E-state index contributed by atoms with van der Waals surface area (Å²) in [6, 6.07) is 9.26. The van der Waals surface area contributed by atoms with E-state index in [0.29, 0.717) is 32.0 Å². The number of amides is 2. The van der Waals surface area contributed by atoms with Crippen molar-refractivity contribution in [3.63, 3.8) is 0 Å². The summed E-state index contributed by atoms with van der Waals surface area (Å²) >= 11 is 0. The minimum absolute atomic E-state index is 0.0780. The molecule has 0 bridgehead atoms. The van der Waals surface area contributed by atoms with Gasteiger partial charge >= 0.3 is 0 Å². The van der Waals surface area contributed by atoms with E-state index in [2.05, 4.69) is 10.4 Å². The smallest absolute Gasteiger partial charge is 0.272 e. The monoisotopic (exact) mass is 368 g/mol. The fraction of sp³-hybridized carbons (Fsp3) is 0.450. The molecule has 142 valence electrons. The van der Waals surface area contributed by atoms with Crippen molar-refractivity contribution in [3.8, 4) is 5.69 Å². The van der Waals surface area contributed by atoms with Crippen molar-refractivity contribution < 1.29 is 14.3 Å². The molecule has 1 aromatic carbocycles. The van der Waals surface area contributed by atoms with Crippen LogP contribution in [0.3, 0.4) is 0 Å². The zero-order valence-corrected chi connectivity index (χ0v) is 15.5. The van der Waals surface area contributed by atoms with Crippen molar-refractivity contribution in [2.45, 2.75) is 32.2 Å². The summed E-state index contributed by atoms with van der Waals surface area (Å²) in [5.41, 5.74) is 3.49. The Morgan fingerprint density at radius 1 is 1.15 bits per heavy atom. The first-order chi connectivity index (χ1) is 13.1. The third-order valence-electron chi connectivity index (χ3n) is 5.19. The van der Waals surface area contributed by atoms with Gasteiger partial charge in [0, 0.05) is 24.3 Å². The summed E-state index contributed by atoms with van der Waals surface area (Å²) < 4.78 is 7.15. The Bertz CT molecular complexity index is 840. The summed E-state index contributed by atoms with van der Waals surface area (Å²) in [7, 11) is 0. The molecule has 7 nitrogen and oxygen atoms in total. The molecule has 4 rings (SSSR count). The number of hydrogen-bond donors (Lipinski definition) is 1. The predicted octanol–water partition coefficient (Wildman–Crippen LogP) is 1.34. The number of carbonyl (C=O) groups excluding carboxylic acids is 2. The Morgan fingerprint density at radius 3 is 2.63 bits per heavy atom. The van der Waals surface area contributed by atoms with Gasteiger partial charge in [-0.2, -0.15) is 5.10 Å². The van der Waals surface area contributed by atoms with Gasteiger partial charge in [-0.15, -0.1) is 0 Å². The molecular formula is C20H24N4O3. The maximum Gasteiger partial charge on any atom is 0.272 e. The van der Waals surface area contributed by atoms with Crippen LogP contribution >= 0.6 is 0 Å². The highest BCUT2D eigenvalue weighted by atomic mass is 16.5. The van der Waals surface area contributed by atoms with Crippen LogP contribution in [0.2, 0.25) is 0 Å². The number of morpholine rings is 1.